The lowest BCUT2D eigenvalue weighted by molar-refractivity contribution is -0.491. The van der Waals surface area contributed by atoms with Gasteiger partial charge in [0.05, 0.1) is 6.54 Å². The number of hydrogen-bond acceptors (Lipinski definition) is 2. The second-order valence-electron chi connectivity index (χ2n) is 3.38. The summed E-state index contributed by atoms with van der Waals surface area (Å²) < 4.78 is 1.03. The van der Waals surface area contributed by atoms with Crippen LogP contribution in [-0.4, -0.2) is 36.8 Å². The van der Waals surface area contributed by atoms with Gasteiger partial charge in [-0.15, -0.1) is 0 Å². The van der Waals surface area contributed by atoms with Gasteiger partial charge >= 0.3 is 0 Å². The molecule has 0 fully saturated rings. The van der Waals surface area contributed by atoms with Gasteiger partial charge < -0.3 is 0 Å². The van der Waals surface area contributed by atoms with E-state index < -0.39 is 0 Å². The summed E-state index contributed by atoms with van der Waals surface area (Å²) in [5.74, 6) is 0. The molecule has 1 aliphatic heterocycles. The molecule has 1 rings (SSSR count). The highest BCUT2D eigenvalue weighted by Crippen LogP contribution is 2.10. The van der Waals surface area contributed by atoms with Crippen LogP contribution in [0, 0.1) is 4.91 Å². The molecule has 0 radical (unpaired) electrons. The molecule has 0 aliphatic carbocycles. The van der Waals surface area contributed by atoms with Crippen molar-refractivity contribution in [2.45, 2.75) is 6.92 Å². The Morgan fingerprint density at radius 3 is 2.83 bits per heavy atom. The first kappa shape index (κ1) is 9.13. The van der Waals surface area contributed by atoms with Gasteiger partial charge in [0.1, 0.15) is 0 Å². The summed E-state index contributed by atoms with van der Waals surface area (Å²) in [4.78, 5) is 13.2. The van der Waals surface area contributed by atoms with Crippen LogP contribution in [0.5, 0.6) is 0 Å². The lowest BCUT2D eigenvalue weighted by Crippen LogP contribution is -2.23. The largest absolute Gasteiger partial charge is 0.300 e. The maximum absolute atomic E-state index is 11.3. The summed E-state index contributed by atoms with van der Waals surface area (Å²) in [7, 11) is 3.92. The predicted molar refractivity (Wildman–Crippen MR) is 48.9 cm³/mol. The number of nitrogens with zero attached hydrogens (tertiary/aromatic N) is 2. The van der Waals surface area contributed by atoms with Crippen LogP contribution >= 0.6 is 0 Å². The van der Waals surface area contributed by atoms with Crippen LogP contribution in [0.4, 0.5) is 0 Å². The van der Waals surface area contributed by atoms with Crippen LogP contribution in [0.3, 0.4) is 0 Å². The first-order chi connectivity index (χ1) is 5.59. The molecule has 3 nitrogen and oxygen atoms in total. The van der Waals surface area contributed by atoms with Crippen LogP contribution in [0.25, 0.3) is 0 Å². The van der Waals surface area contributed by atoms with Gasteiger partial charge in [-0.1, -0.05) is 0 Å². The van der Waals surface area contributed by atoms with Crippen molar-refractivity contribution < 1.29 is 4.76 Å². The van der Waals surface area contributed by atoms with E-state index in [2.05, 4.69) is 0 Å². The molecule has 0 aromatic heterocycles. The zero-order valence-corrected chi connectivity index (χ0v) is 7.87. The summed E-state index contributed by atoms with van der Waals surface area (Å²) in [6.07, 6.45) is 3.88. The normalized spacial score (nSPS) is 17.8. The third kappa shape index (κ3) is 2.27. The van der Waals surface area contributed by atoms with Gasteiger partial charge in [-0.05, 0) is 32.7 Å². The molecule has 1 aliphatic rings. The van der Waals surface area contributed by atoms with Crippen molar-refractivity contribution in [3.63, 3.8) is 0 Å². The minimum absolute atomic E-state index is 0.492. The lowest BCUT2D eigenvalue weighted by Gasteiger charge is -2.09. The quantitative estimate of drug-likeness (QED) is 0.576. The van der Waals surface area contributed by atoms with Gasteiger partial charge in [-0.25, -0.2) is 0 Å². The van der Waals surface area contributed by atoms with Crippen molar-refractivity contribution in [3.8, 4) is 0 Å². The standard InChI is InChI=1S/C9H15N2O/c1-8-4-5-11(12)9(6-8)7-10(2)3/h4,6H,5,7H2,1-3H3/q+1. The molecule has 0 N–H and O–H groups in total. The molecule has 0 bridgehead atoms. The van der Waals surface area contributed by atoms with Crippen LogP contribution in [0.1, 0.15) is 6.92 Å². The fraction of sp³-hybridized carbons (Fsp3) is 0.556. The zero-order valence-electron chi connectivity index (χ0n) is 7.87. The molecule has 1 heterocycles. The lowest BCUT2D eigenvalue weighted by atomic mass is 10.2. The molecule has 3 heteroatoms. The Bertz CT molecular complexity index is 251. The topological polar surface area (TPSA) is 23.3 Å². The van der Waals surface area contributed by atoms with Gasteiger partial charge in [0, 0.05) is 15.7 Å². The Morgan fingerprint density at radius 2 is 2.25 bits per heavy atom. The van der Waals surface area contributed by atoms with E-state index in [4.69, 9.17) is 0 Å². The Kier molecular flexibility index (Phi) is 2.76. The zero-order chi connectivity index (χ0) is 9.14. The number of allylic oxidation sites excluding steroid dienone is 2. The van der Waals surface area contributed by atoms with E-state index in [9.17, 15) is 4.91 Å². The minimum Gasteiger partial charge on any atom is -0.300 e. The first-order valence-electron chi connectivity index (χ1n) is 4.06. The molecule has 0 unspecified atom stereocenters. The molecule has 0 atom stereocenters. The maximum atomic E-state index is 11.3. The smallest absolute Gasteiger partial charge is 0.247 e. The third-order valence-electron chi connectivity index (χ3n) is 1.77. The van der Waals surface area contributed by atoms with Gasteiger partial charge in [0.2, 0.25) is 12.2 Å². The van der Waals surface area contributed by atoms with Crippen LogP contribution in [-0.2, 0) is 0 Å². The monoisotopic (exact) mass is 167 g/mol. The summed E-state index contributed by atoms with van der Waals surface area (Å²) >= 11 is 0. The Hall–Kier alpha value is -0.960. The molecule has 0 saturated heterocycles. The highest BCUT2D eigenvalue weighted by molar-refractivity contribution is 5.21. The molecule has 12 heavy (non-hydrogen) atoms. The fourth-order valence-corrected chi connectivity index (χ4v) is 1.19. The Labute approximate surface area is 72.9 Å². The van der Waals surface area contributed by atoms with Crippen molar-refractivity contribution in [2.75, 3.05) is 27.2 Å². The Morgan fingerprint density at radius 1 is 1.58 bits per heavy atom. The van der Waals surface area contributed by atoms with Crippen LogP contribution in [0.2, 0.25) is 0 Å². The summed E-state index contributed by atoms with van der Waals surface area (Å²) in [6, 6.07) is 0. The number of hydrogen-bond donors (Lipinski definition) is 0. The molecular formula is C9H15N2O+. The summed E-state index contributed by atoms with van der Waals surface area (Å²) in [5.41, 5.74) is 2.03. The van der Waals surface area contributed by atoms with E-state index in [-0.39, 0.29) is 0 Å². The Balaban J connectivity index is 2.72. The van der Waals surface area contributed by atoms with E-state index in [0.29, 0.717) is 13.1 Å². The SMILES string of the molecule is CC1=CC[N+](=O)C(CN(C)C)=C1. The van der Waals surface area contributed by atoms with E-state index in [1.165, 1.54) is 5.57 Å². The second-order valence-corrected chi connectivity index (χ2v) is 3.38. The first-order valence-corrected chi connectivity index (χ1v) is 4.06. The predicted octanol–water partition coefficient (Wildman–Crippen LogP) is 1.17. The fourth-order valence-electron chi connectivity index (χ4n) is 1.19. The van der Waals surface area contributed by atoms with Crippen molar-refractivity contribution in [2.24, 2.45) is 0 Å². The second kappa shape index (κ2) is 3.63. The molecule has 0 spiro atoms. The van der Waals surface area contributed by atoms with Gasteiger partial charge in [0.25, 0.3) is 0 Å². The number of likely N-dealkylation sites (N-methyl/N-ethyl adjacent to an activating group) is 1. The molecule has 0 aromatic rings. The summed E-state index contributed by atoms with van der Waals surface area (Å²) in [6.45, 7) is 3.23. The molecule has 0 aromatic carbocycles. The molecule has 0 amide bonds. The van der Waals surface area contributed by atoms with E-state index >= 15 is 0 Å². The number of nitroso groups, excluding NO2 is 1. The molecular weight excluding hydrogens is 152 g/mol. The van der Waals surface area contributed by atoms with Crippen LogP contribution in [0.15, 0.2) is 23.4 Å². The van der Waals surface area contributed by atoms with Crippen molar-refractivity contribution in [1.29, 1.82) is 0 Å². The van der Waals surface area contributed by atoms with Gasteiger partial charge in [-0.2, -0.15) is 0 Å². The highest BCUT2D eigenvalue weighted by Gasteiger charge is 2.20. The highest BCUT2D eigenvalue weighted by atomic mass is 16.3. The average molecular weight is 167 g/mol. The van der Waals surface area contributed by atoms with Crippen molar-refractivity contribution in [1.82, 2.24) is 4.90 Å². The van der Waals surface area contributed by atoms with E-state index in [1.807, 2.05) is 38.1 Å². The summed E-state index contributed by atoms with van der Waals surface area (Å²) in [5, 5.41) is 0. The minimum atomic E-state index is 0.492. The molecule has 0 saturated carbocycles. The van der Waals surface area contributed by atoms with Crippen molar-refractivity contribution >= 4 is 0 Å². The van der Waals surface area contributed by atoms with Gasteiger partial charge in [-0.3, -0.25) is 4.90 Å². The average Bonchev–Trinajstić information content (AvgIpc) is 1.96. The third-order valence-corrected chi connectivity index (χ3v) is 1.77. The van der Waals surface area contributed by atoms with Gasteiger partial charge in [0.15, 0.2) is 0 Å². The molecule has 66 valence electrons. The number of rotatable bonds is 2. The van der Waals surface area contributed by atoms with E-state index in [0.717, 1.165) is 10.5 Å². The maximum Gasteiger partial charge on any atom is 0.247 e. The van der Waals surface area contributed by atoms with Crippen LogP contribution < -0.4 is 0 Å². The van der Waals surface area contributed by atoms with Crippen molar-refractivity contribution in [3.05, 3.63) is 28.3 Å². The van der Waals surface area contributed by atoms with E-state index in [1.54, 1.807) is 0 Å².